The Morgan fingerprint density at radius 3 is 2.44 bits per heavy atom. The Hall–Kier alpha value is -1.96. The molecule has 1 aliphatic rings. The first-order valence-corrected chi connectivity index (χ1v) is 9.38. The molecule has 1 fully saturated rings. The van der Waals surface area contributed by atoms with Crippen molar-refractivity contribution in [2.45, 2.75) is 25.4 Å². The van der Waals surface area contributed by atoms with Crippen molar-refractivity contribution >= 4 is 5.96 Å². The van der Waals surface area contributed by atoms with E-state index < -0.39 is 12.7 Å². The summed E-state index contributed by atoms with van der Waals surface area (Å²) in [6.07, 6.45) is -1.54. The Morgan fingerprint density at radius 1 is 1.15 bits per heavy atom. The zero-order valence-electron chi connectivity index (χ0n) is 15.8. The first kappa shape index (κ1) is 21.3. The van der Waals surface area contributed by atoms with Crippen LogP contribution in [0.5, 0.6) is 5.75 Å². The van der Waals surface area contributed by atoms with Crippen molar-refractivity contribution < 1.29 is 17.9 Å². The van der Waals surface area contributed by atoms with E-state index in [2.05, 4.69) is 15.6 Å². The SMILES string of the molecule is CN=C(NCCOc1ccccc1)NCCC1CCN(CC(F)(F)F)CC1. The fraction of sp³-hybridized carbons (Fsp3) is 0.632. The van der Waals surface area contributed by atoms with Gasteiger partial charge in [0.2, 0.25) is 0 Å². The van der Waals surface area contributed by atoms with Crippen molar-refractivity contribution in [2.24, 2.45) is 10.9 Å². The van der Waals surface area contributed by atoms with Crippen molar-refractivity contribution in [1.29, 1.82) is 0 Å². The predicted molar refractivity (Wildman–Crippen MR) is 101 cm³/mol. The van der Waals surface area contributed by atoms with Crippen LogP contribution in [0.1, 0.15) is 19.3 Å². The Bertz CT molecular complexity index is 558. The largest absolute Gasteiger partial charge is 0.492 e. The van der Waals surface area contributed by atoms with Gasteiger partial charge in [0.05, 0.1) is 13.1 Å². The fourth-order valence-electron chi connectivity index (χ4n) is 3.16. The molecule has 1 heterocycles. The number of hydrogen-bond acceptors (Lipinski definition) is 3. The van der Waals surface area contributed by atoms with Gasteiger partial charge in [-0.25, -0.2) is 0 Å². The maximum absolute atomic E-state index is 12.4. The maximum atomic E-state index is 12.4. The number of hydrogen-bond donors (Lipinski definition) is 2. The van der Waals surface area contributed by atoms with Gasteiger partial charge >= 0.3 is 6.18 Å². The molecular formula is C19H29F3N4O. The van der Waals surface area contributed by atoms with E-state index in [9.17, 15) is 13.2 Å². The van der Waals surface area contributed by atoms with E-state index in [4.69, 9.17) is 4.74 Å². The van der Waals surface area contributed by atoms with Gasteiger partial charge < -0.3 is 15.4 Å². The van der Waals surface area contributed by atoms with Crippen molar-refractivity contribution in [3.63, 3.8) is 0 Å². The third kappa shape index (κ3) is 8.99. The molecule has 2 rings (SSSR count). The van der Waals surface area contributed by atoms with Crippen LogP contribution in [0, 0.1) is 5.92 Å². The van der Waals surface area contributed by atoms with Crippen LogP contribution in [0.3, 0.4) is 0 Å². The fourth-order valence-corrected chi connectivity index (χ4v) is 3.16. The summed E-state index contributed by atoms with van der Waals surface area (Å²) >= 11 is 0. The number of likely N-dealkylation sites (tertiary alicyclic amines) is 1. The molecule has 0 saturated carbocycles. The molecule has 0 aliphatic carbocycles. The van der Waals surface area contributed by atoms with E-state index in [1.807, 2.05) is 30.3 Å². The van der Waals surface area contributed by atoms with Crippen LogP contribution in [0.2, 0.25) is 0 Å². The Morgan fingerprint density at radius 2 is 1.81 bits per heavy atom. The van der Waals surface area contributed by atoms with E-state index in [0.717, 1.165) is 31.6 Å². The Kier molecular flexibility index (Phi) is 8.71. The van der Waals surface area contributed by atoms with Crippen LogP contribution in [0.15, 0.2) is 35.3 Å². The molecule has 152 valence electrons. The molecule has 0 amide bonds. The van der Waals surface area contributed by atoms with Crippen molar-refractivity contribution in [2.75, 3.05) is 46.4 Å². The van der Waals surface area contributed by atoms with E-state index in [0.29, 0.717) is 38.1 Å². The highest BCUT2D eigenvalue weighted by molar-refractivity contribution is 5.79. The van der Waals surface area contributed by atoms with Gasteiger partial charge in [0.1, 0.15) is 12.4 Å². The maximum Gasteiger partial charge on any atom is 0.401 e. The summed E-state index contributed by atoms with van der Waals surface area (Å²) in [5.74, 6) is 2.00. The topological polar surface area (TPSA) is 48.9 Å². The average molecular weight is 386 g/mol. The molecule has 5 nitrogen and oxygen atoms in total. The number of halogens is 3. The van der Waals surface area contributed by atoms with E-state index in [-0.39, 0.29) is 0 Å². The van der Waals surface area contributed by atoms with Crippen LogP contribution >= 0.6 is 0 Å². The molecule has 1 saturated heterocycles. The van der Waals surface area contributed by atoms with Crippen molar-refractivity contribution in [3.8, 4) is 5.75 Å². The standard InChI is InChI=1S/C19H29F3N4O/c1-23-18(25-11-14-27-17-5-3-2-4-6-17)24-10-7-16-8-12-26(13-9-16)15-19(20,21)22/h2-6,16H,7-15H2,1H3,(H2,23,24,25). The van der Waals surface area contributed by atoms with Crippen LogP contribution in [0.25, 0.3) is 0 Å². The quantitative estimate of drug-likeness (QED) is 0.410. The molecule has 0 spiro atoms. The summed E-state index contributed by atoms with van der Waals surface area (Å²) in [5, 5.41) is 6.45. The van der Waals surface area contributed by atoms with Gasteiger partial charge in [-0.1, -0.05) is 18.2 Å². The predicted octanol–water partition coefficient (Wildman–Crippen LogP) is 2.89. The summed E-state index contributed by atoms with van der Waals surface area (Å²) in [7, 11) is 1.71. The normalized spacial score (nSPS) is 17.0. The summed E-state index contributed by atoms with van der Waals surface area (Å²) in [6.45, 7) is 2.16. The highest BCUT2D eigenvalue weighted by atomic mass is 19.4. The third-order valence-electron chi connectivity index (χ3n) is 4.59. The van der Waals surface area contributed by atoms with E-state index in [1.54, 1.807) is 7.05 Å². The van der Waals surface area contributed by atoms with Gasteiger partial charge in [0.15, 0.2) is 5.96 Å². The molecule has 1 aromatic rings. The molecular weight excluding hydrogens is 357 g/mol. The van der Waals surface area contributed by atoms with E-state index in [1.165, 1.54) is 4.90 Å². The lowest BCUT2D eigenvalue weighted by Crippen LogP contribution is -2.42. The summed E-state index contributed by atoms with van der Waals surface area (Å²) in [4.78, 5) is 5.67. The minimum atomic E-state index is -4.10. The monoisotopic (exact) mass is 386 g/mol. The molecule has 0 unspecified atom stereocenters. The molecule has 27 heavy (non-hydrogen) atoms. The third-order valence-corrected chi connectivity index (χ3v) is 4.59. The molecule has 1 aliphatic heterocycles. The minimum absolute atomic E-state index is 0.460. The zero-order valence-corrected chi connectivity index (χ0v) is 15.8. The highest BCUT2D eigenvalue weighted by Crippen LogP contribution is 2.23. The van der Waals surface area contributed by atoms with Crippen LogP contribution in [0.4, 0.5) is 13.2 Å². The molecule has 0 bridgehead atoms. The van der Waals surface area contributed by atoms with Gasteiger partial charge in [-0.3, -0.25) is 9.89 Å². The highest BCUT2D eigenvalue weighted by Gasteiger charge is 2.32. The number of guanidine groups is 1. The van der Waals surface area contributed by atoms with Crippen LogP contribution < -0.4 is 15.4 Å². The number of alkyl halides is 3. The second-order valence-corrected chi connectivity index (χ2v) is 6.71. The Labute approximate surface area is 159 Å². The number of rotatable bonds is 8. The second-order valence-electron chi connectivity index (χ2n) is 6.71. The number of para-hydroxylation sites is 1. The zero-order chi connectivity index (χ0) is 19.5. The lowest BCUT2D eigenvalue weighted by Gasteiger charge is -2.32. The van der Waals surface area contributed by atoms with Gasteiger partial charge in [-0.15, -0.1) is 0 Å². The summed E-state index contributed by atoms with van der Waals surface area (Å²) in [5.41, 5.74) is 0. The summed E-state index contributed by atoms with van der Waals surface area (Å²) in [6, 6.07) is 9.62. The summed E-state index contributed by atoms with van der Waals surface area (Å²) < 4.78 is 42.8. The van der Waals surface area contributed by atoms with Gasteiger partial charge in [0, 0.05) is 13.6 Å². The number of aliphatic imine (C=N–C) groups is 1. The number of ether oxygens (including phenoxy) is 1. The van der Waals surface area contributed by atoms with Crippen LogP contribution in [-0.4, -0.2) is 63.4 Å². The average Bonchev–Trinajstić information content (AvgIpc) is 2.64. The van der Waals surface area contributed by atoms with Crippen LogP contribution in [-0.2, 0) is 0 Å². The number of piperidine rings is 1. The second kappa shape index (κ2) is 11.0. The Balaban J connectivity index is 1.55. The molecule has 8 heteroatoms. The van der Waals surface area contributed by atoms with Crippen molar-refractivity contribution in [1.82, 2.24) is 15.5 Å². The molecule has 0 atom stereocenters. The molecule has 0 aromatic heterocycles. The lowest BCUT2D eigenvalue weighted by molar-refractivity contribution is -0.148. The first-order chi connectivity index (χ1) is 13.0. The van der Waals surface area contributed by atoms with Gasteiger partial charge in [0.25, 0.3) is 0 Å². The van der Waals surface area contributed by atoms with E-state index >= 15 is 0 Å². The number of nitrogens with zero attached hydrogens (tertiary/aromatic N) is 2. The number of benzene rings is 1. The first-order valence-electron chi connectivity index (χ1n) is 9.38. The molecule has 1 aromatic carbocycles. The molecule has 2 N–H and O–H groups in total. The lowest BCUT2D eigenvalue weighted by atomic mass is 9.93. The van der Waals surface area contributed by atoms with Gasteiger partial charge in [-0.2, -0.15) is 13.2 Å². The number of nitrogens with one attached hydrogen (secondary N) is 2. The van der Waals surface area contributed by atoms with Crippen molar-refractivity contribution in [3.05, 3.63) is 30.3 Å². The molecule has 0 radical (unpaired) electrons. The minimum Gasteiger partial charge on any atom is -0.492 e. The van der Waals surface area contributed by atoms with Gasteiger partial charge in [-0.05, 0) is 50.4 Å². The smallest absolute Gasteiger partial charge is 0.401 e.